The van der Waals surface area contributed by atoms with Gasteiger partial charge in [-0.1, -0.05) is 30.5 Å². The number of nitro benzene ring substituents is 1. The van der Waals surface area contributed by atoms with Crippen LogP contribution in [0.4, 0.5) is 17.1 Å². The molecule has 0 radical (unpaired) electrons. The lowest BCUT2D eigenvalue weighted by atomic mass is 9.81. The van der Waals surface area contributed by atoms with Crippen molar-refractivity contribution in [2.75, 3.05) is 23.7 Å². The SMILES string of the molecule is Cc1ccc(NC(=O)c2ccc(NCCCN3C(=O)C4CCCCC4C3=O)c([N+](=O)[O-])c2)cc1Cl. The van der Waals surface area contributed by atoms with Crippen molar-refractivity contribution in [3.05, 3.63) is 62.7 Å². The zero-order valence-electron chi connectivity index (χ0n) is 19.4. The largest absolute Gasteiger partial charge is 0.379 e. The van der Waals surface area contributed by atoms with Gasteiger partial charge in [-0.05, 0) is 56.0 Å². The highest BCUT2D eigenvalue weighted by atomic mass is 35.5. The molecule has 0 spiro atoms. The Bertz CT molecular complexity index is 1160. The summed E-state index contributed by atoms with van der Waals surface area (Å²) in [7, 11) is 0. The number of aryl methyl sites for hydroxylation is 1. The molecule has 2 aromatic carbocycles. The number of amides is 3. The number of nitrogens with one attached hydrogen (secondary N) is 2. The summed E-state index contributed by atoms with van der Waals surface area (Å²) in [6.07, 6.45) is 3.96. The molecule has 2 fully saturated rings. The maximum Gasteiger partial charge on any atom is 0.293 e. The van der Waals surface area contributed by atoms with Crippen LogP contribution in [0.25, 0.3) is 0 Å². The molecule has 2 aliphatic rings. The number of carbonyl (C=O) groups excluding carboxylic acids is 3. The van der Waals surface area contributed by atoms with Crippen molar-refractivity contribution < 1.29 is 19.3 Å². The van der Waals surface area contributed by atoms with Crippen LogP contribution in [0, 0.1) is 28.9 Å². The predicted molar refractivity (Wildman–Crippen MR) is 133 cm³/mol. The molecule has 3 amide bonds. The Kier molecular flexibility index (Phi) is 7.35. The summed E-state index contributed by atoms with van der Waals surface area (Å²) in [4.78, 5) is 50.2. The highest BCUT2D eigenvalue weighted by Gasteiger charge is 2.47. The topological polar surface area (TPSA) is 122 Å². The second-order valence-corrected chi connectivity index (χ2v) is 9.42. The molecule has 9 nitrogen and oxygen atoms in total. The third-order valence-electron chi connectivity index (χ3n) is 6.69. The molecule has 2 unspecified atom stereocenters. The number of hydrogen-bond acceptors (Lipinski definition) is 6. The Labute approximate surface area is 208 Å². The molecule has 1 saturated carbocycles. The standard InChI is InChI=1S/C25H27ClN4O5/c1-15-7-9-17(14-20(15)26)28-23(31)16-8-10-21(22(13-16)30(34)35)27-11-4-12-29-24(32)18-5-2-3-6-19(18)25(29)33/h7-10,13-14,18-19,27H,2-6,11-12H2,1H3,(H,28,31). The first-order chi connectivity index (χ1) is 16.8. The Balaban J connectivity index is 1.36. The minimum Gasteiger partial charge on any atom is -0.379 e. The van der Waals surface area contributed by atoms with Gasteiger partial charge in [-0.3, -0.25) is 29.4 Å². The lowest BCUT2D eigenvalue weighted by Crippen LogP contribution is -2.33. The van der Waals surface area contributed by atoms with Crippen LogP contribution in [0.1, 0.15) is 48.0 Å². The smallest absolute Gasteiger partial charge is 0.293 e. The fraction of sp³-hybridized carbons (Fsp3) is 0.400. The molecule has 1 aliphatic carbocycles. The molecule has 1 heterocycles. The van der Waals surface area contributed by atoms with E-state index in [9.17, 15) is 24.5 Å². The van der Waals surface area contributed by atoms with Crippen LogP contribution in [0.5, 0.6) is 0 Å². The van der Waals surface area contributed by atoms with Gasteiger partial charge in [-0.2, -0.15) is 0 Å². The fourth-order valence-electron chi connectivity index (χ4n) is 4.76. The molecule has 1 saturated heterocycles. The molecular weight excluding hydrogens is 472 g/mol. The van der Waals surface area contributed by atoms with Crippen LogP contribution in [0.3, 0.4) is 0 Å². The molecule has 35 heavy (non-hydrogen) atoms. The van der Waals surface area contributed by atoms with Crippen molar-refractivity contribution in [3.63, 3.8) is 0 Å². The highest BCUT2D eigenvalue weighted by Crippen LogP contribution is 2.38. The van der Waals surface area contributed by atoms with E-state index in [0.717, 1.165) is 31.2 Å². The fourth-order valence-corrected chi connectivity index (χ4v) is 4.94. The van der Waals surface area contributed by atoms with Crippen molar-refractivity contribution >= 4 is 46.4 Å². The van der Waals surface area contributed by atoms with E-state index in [1.165, 1.54) is 23.1 Å². The van der Waals surface area contributed by atoms with Crippen molar-refractivity contribution in [2.24, 2.45) is 11.8 Å². The van der Waals surface area contributed by atoms with Crippen LogP contribution < -0.4 is 10.6 Å². The number of anilines is 2. The van der Waals surface area contributed by atoms with Crippen molar-refractivity contribution in [3.8, 4) is 0 Å². The van der Waals surface area contributed by atoms with Gasteiger partial charge in [-0.25, -0.2) is 0 Å². The second kappa shape index (κ2) is 10.4. The van der Waals surface area contributed by atoms with E-state index in [2.05, 4.69) is 10.6 Å². The minimum absolute atomic E-state index is 0.0871. The van der Waals surface area contributed by atoms with Gasteiger partial charge in [0.2, 0.25) is 11.8 Å². The molecule has 0 aromatic heterocycles. The van der Waals surface area contributed by atoms with E-state index in [0.29, 0.717) is 23.7 Å². The van der Waals surface area contributed by atoms with Gasteiger partial charge >= 0.3 is 0 Å². The van der Waals surface area contributed by atoms with Gasteiger partial charge in [0, 0.05) is 35.4 Å². The Morgan fingerprint density at radius 3 is 2.43 bits per heavy atom. The normalized spacial score (nSPS) is 19.4. The van der Waals surface area contributed by atoms with Crippen molar-refractivity contribution in [1.82, 2.24) is 4.90 Å². The van der Waals surface area contributed by atoms with Crippen LogP contribution in [0.15, 0.2) is 36.4 Å². The zero-order valence-corrected chi connectivity index (χ0v) is 20.1. The van der Waals surface area contributed by atoms with E-state index in [1.807, 2.05) is 6.92 Å². The predicted octanol–water partition coefficient (Wildman–Crippen LogP) is 4.79. The quantitative estimate of drug-likeness (QED) is 0.233. The summed E-state index contributed by atoms with van der Waals surface area (Å²) >= 11 is 6.09. The molecule has 2 aromatic rings. The summed E-state index contributed by atoms with van der Waals surface area (Å²) in [6.45, 7) is 2.46. The highest BCUT2D eigenvalue weighted by molar-refractivity contribution is 6.31. The van der Waals surface area contributed by atoms with Crippen molar-refractivity contribution in [1.29, 1.82) is 0 Å². The van der Waals surface area contributed by atoms with E-state index >= 15 is 0 Å². The van der Waals surface area contributed by atoms with Gasteiger partial charge in [0.25, 0.3) is 11.6 Å². The first-order valence-electron chi connectivity index (χ1n) is 11.7. The van der Waals surface area contributed by atoms with E-state index < -0.39 is 10.8 Å². The summed E-state index contributed by atoms with van der Waals surface area (Å²) in [5.74, 6) is -1.03. The Morgan fingerprint density at radius 2 is 1.80 bits per heavy atom. The summed E-state index contributed by atoms with van der Waals surface area (Å²) in [5, 5.41) is 17.8. The number of fused-ring (bicyclic) bond motifs is 1. The first-order valence-corrected chi connectivity index (χ1v) is 12.1. The number of nitrogens with zero attached hydrogens (tertiary/aromatic N) is 2. The third-order valence-corrected chi connectivity index (χ3v) is 7.10. The first kappa shape index (κ1) is 24.7. The molecule has 0 bridgehead atoms. The molecule has 1 aliphatic heterocycles. The number of nitro groups is 1. The monoisotopic (exact) mass is 498 g/mol. The summed E-state index contributed by atoms with van der Waals surface area (Å²) in [6, 6.07) is 9.28. The zero-order chi connectivity index (χ0) is 25.1. The number of likely N-dealkylation sites (tertiary alicyclic amines) is 1. The summed E-state index contributed by atoms with van der Waals surface area (Å²) < 4.78 is 0. The molecule has 2 atom stereocenters. The molecule has 4 rings (SSSR count). The number of benzene rings is 2. The van der Waals surface area contributed by atoms with Gasteiger partial charge in [-0.15, -0.1) is 0 Å². The van der Waals surface area contributed by atoms with Crippen molar-refractivity contribution in [2.45, 2.75) is 39.0 Å². The average molecular weight is 499 g/mol. The van der Waals surface area contributed by atoms with Crippen LogP contribution in [0.2, 0.25) is 5.02 Å². The van der Waals surface area contributed by atoms with E-state index in [-0.39, 0.29) is 47.1 Å². The molecule has 2 N–H and O–H groups in total. The lowest BCUT2D eigenvalue weighted by molar-refractivity contribution is -0.384. The average Bonchev–Trinajstić information content (AvgIpc) is 3.09. The van der Waals surface area contributed by atoms with Gasteiger partial charge < -0.3 is 10.6 Å². The van der Waals surface area contributed by atoms with Gasteiger partial charge in [0.05, 0.1) is 16.8 Å². The Morgan fingerprint density at radius 1 is 1.11 bits per heavy atom. The number of imide groups is 1. The molecular formula is C25H27ClN4O5. The lowest BCUT2D eigenvalue weighted by Gasteiger charge is -2.19. The second-order valence-electron chi connectivity index (χ2n) is 9.01. The van der Waals surface area contributed by atoms with Crippen LogP contribution in [-0.4, -0.2) is 40.6 Å². The molecule has 10 heteroatoms. The van der Waals surface area contributed by atoms with Gasteiger partial charge in [0.1, 0.15) is 5.69 Å². The molecule has 184 valence electrons. The van der Waals surface area contributed by atoms with Crippen LogP contribution >= 0.6 is 11.6 Å². The number of carbonyl (C=O) groups is 3. The summed E-state index contributed by atoms with van der Waals surface area (Å²) in [5.41, 5.74) is 1.51. The number of halogens is 1. The third kappa shape index (κ3) is 5.30. The van der Waals surface area contributed by atoms with E-state index in [4.69, 9.17) is 11.6 Å². The number of hydrogen-bond donors (Lipinski definition) is 2. The number of rotatable bonds is 8. The van der Waals surface area contributed by atoms with Gasteiger partial charge in [0.15, 0.2) is 0 Å². The minimum atomic E-state index is -0.555. The maximum absolute atomic E-state index is 12.6. The van der Waals surface area contributed by atoms with E-state index in [1.54, 1.807) is 18.2 Å². The maximum atomic E-state index is 12.6. The van der Waals surface area contributed by atoms with Crippen LogP contribution in [-0.2, 0) is 9.59 Å². The Hall–Kier alpha value is -3.46.